The molecule has 1 N–H and O–H groups in total. The van der Waals surface area contributed by atoms with Gasteiger partial charge in [0.25, 0.3) is 0 Å². The van der Waals surface area contributed by atoms with Crippen molar-refractivity contribution in [1.82, 2.24) is 9.97 Å². The van der Waals surface area contributed by atoms with Crippen molar-refractivity contribution in [3.05, 3.63) is 65.2 Å². The van der Waals surface area contributed by atoms with Gasteiger partial charge in [-0.1, -0.05) is 29.5 Å². The normalized spacial score (nSPS) is 12.6. The van der Waals surface area contributed by atoms with Crippen LogP contribution in [-0.4, -0.2) is 21.0 Å². The summed E-state index contributed by atoms with van der Waals surface area (Å²) in [7, 11) is 0. The molecule has 0 aliphatic rings. The summed E-state index contributed by atoms with van der Waals surface area (Å²) in [6.45, 7) is 1.97. The van der Waals surface area contributed by atoms with Crippen molar-refractivity contribution in [1.29, 1.82) is 0 Å². The Morgan fingerprint density at radius 2 is 1.89 bits per heavy atom. The van der Waals surface area contributed by atoms with Gasteiger partial charge < -0.3 is 5.11 Å². The van der Waals surface area contributed by atoms with E-state index in [1.54, 1.807) is 12.1 Å². The van der Waals surface area contributed by atoms with Crippen molar-refractivity contribution in [2.24, 2.45) is 10.2 Å². The molecule has 0 aliphatic carbocycles. The molecular weight excluding hydrogens is 380 g/mol. The van der Waals surface area contributed by atoms with Crippen LogP contribution in [0.4, 0.5) is 5.13 Å². The van der Waals surface area contributed by atoms with Crippen molar-refractivity contribution in [2.75, 3.05) is 0 Å². The van der Waals surface area contributed by atoms with Gasteiger partial charge in [0.2, 0.25) is 5.13 Å². The summed E-state index contributed by atoms with van der Waals surface area (Å²) in [6.07, 6.45) is 0. The molecular formula is C19H14N4O2S2. The van der Waals surface area contributed by atoms with Gasteiger partial charge in [-0.25, -0.2) is 14.8 Å². The number of thiophene rings is 1. The summed E-state index contributed by atoms with van der Waals surface area (Å²) in [5, 5.41) is 18.4. The molecule has 1 aromatic carbocycles. The molecule has 6 nitrogen and oxygen atoms in total. The molecule has 0 radical (unpaired) electrons. The molecule has 1 unspecified atom stereocenters. The van der Waals surface area contributed by atoms with Crippen LogP contribution in [0.15, 0.2) is 64.8 Å². The second-order valence-corrected chi connectivity index (χ2v) is 7.90. The van der Waals surface area contributed by atoms with Crippen molar-refractivity contribution in [3.8, 4) is 10.6 Å². The average molecular weight is 394 g/mol. The summed E-state index contributed by atoms with van der Waals surface area (Å²) < 4.78 is 1.09. The van der Waals surface area contributed by atoms with E-state index in [-0.39, 0.29) is 11.7 Å². The van der Waals surface area contributed by atoms with Gasteiger partial charge in [-0.05, 0) is 43.3 Å². The molecule has 0 amide bonds. The van der Waals surface area contributed by atoms with E-state index in [1.807, 2.05) is 43.3 Å². The summed E-state index contributed by atoms with van der Waals surface area (Å²) in [6, 6.07) is 16.6. The van der Waals surface area contributed by atoms with E-state index in [1.165, 1.54) is 28.7 Å². The monoisotopic (exact) mass is 394 g/mol. The lowest BCUT2D eigenvalue weighted by Gasteiger charge is -2.01. The predicted molar refractivity (Wildman–Crippen MR) is 107 cm³/mol. The van der Waals surface area contributed by atoms with E-state index in [2.05, 4.69) is 20.2 Å². The Balaban J connectivity index is 1.54. The van der Waals surface area contributed by atoms with Crippen LogP contribution in [0.1, 0.15) is 28.3 Å². The van der Waals surface area contributed by atoms with Crippen molar-refractivity contribution in [2.45, 2.75) is 13.0 Å². The summed E-state index contributed by atoms with van der Waals surface area (Å²) >= 11 is 3.04. The third kappa shape index (κ3) is 3.76. The Morgan fingerprint density at radius 3 is 2.70 bits per heavy atom. The maximum atomic E-state index is 11.1. The summed E-state index contributed by atoms with van der Waals surface area (Å²) in [4.78, 5) is 21.6. The zero-order valence-corrected chi connectivity index (χ0v) is 15.9. The SMILES string of the molecule is CC(N=Nc1nc2ccccc2s1)c1ccc(-c2cccc(C(=O)O)n2)s1. The van der Waals surface area contributed by atoms with Gasteiger partial charge in [0.15, 0.2) is 0 Å². The molecule has 0 saturated heterocycles. The number of aromatic carboxylic acids is 1. The highest BCUT2D eigenvalue weighted by molar-refractivity contribution is 7.21. The zero-order chi connectivity index (χ0) is 18.8. The van der Waals surface area contributed by atoms with E-state index >= 15 is 0 Å². The molecule has 134 valence electrons. The standard InChI is InChI=1S/C19H14N4O2S2/c1-11(22-23-19-21-13-5-2-3-8-16(13)27-19)15-9-10-17(26-15)12-6-4-7-14(20-12)18(24)25/h2-11H,1H3,(H,24,25). The topological polar surface area (TPSA) is 87.8 Å². The van der Waals surface area contributed by atoms with Crippen LogP contribution in [0.3, 0.4) is 0 Å². The Labute approximate surface area is 162 Å². The number of carbonyl (C=O) groups is 1. The van der Waals surface area contributed by atoms with Gasteiger partial charge in [0.1, 0.15) is 11.7 Å². The van der Waals surface area contributed by atoms with E-state index in [0.717, 1.165) is 20.0 Å². The number of aromatic nitrogens is 2. The number of hydrogen-bond acceptors (Lipinski definition) is 7. The lowest BCUT2D eigenvalue weighted by atomic mass is 10.2. The fraction of sp³-hybridized carbons (Fsp3) is 0.105. The van der Waals surface area contributed by atoms with Gasteiger partial charge in [0.05, 0.1) is 20.8 Å². The molecule has 0 fully saturated rings. The highest BCUT2D eigenvalue weighted by Gasteiger charge is 2.12. The molecule has 0 bridgehead atoms. The lowest BCUT2D eigenvalue weighted by molar-refractivity contribution is 0.0690. The molecule has 4 aromatic rings. The average Bonchev–Trinajstić information content (AvgIpc) is 3.33. The Bertz CT molecular complexity index is 1120. The smallest absolute Gasteiger partial charge is 0.354 e. The van der Waals surface area contributed by atoms with E-state index in [0.29, 0.717) is 10.8 Å². The highest BCUT2D eigenvalue weighted by atomic mass is 32.1. The third-order valence-corrected chi connectivity index (χ3v) is 6.06. The number of carboxylic acid groups (broad SMARTS) is 1. The molecule has 3 aromatic heterocycles. The largest absolute Gasteiger partial charge is 0.477 e. The number of para-hydroxylation sites is 1. The van der Waals surface area contributed by atoms with Crippen LogP contribution in [-0.2, 0) is 0 Å². The molecule has 4 rings (SSSR count). The number of carboxylic acids is 1. The number of nitrogens with zero attached hydrogens (tertiary/aromatic N) is 4. The van der Waals surface area contributed by atoms with Crippen molar-refractivity contribution >= 4 is 44.0 Å². The van der Waals surface area contributed by atoms with Crippen LogP contribution >= 0.6 is 22.7 Å². The number of thiazole rings is 1. The Kier molecular flexibility index (Phi) is 4.74. The zero-order valence-electron chi connectivity index (χ0n) is 14.2. The quantitative estimate of drug-likeness (QED) is 0.423. The minimum atomic E-state index is -1.04. The maximum Gasteiger partial charge on any atom is 0.354 e. The van der Waals surface area contributed by atoms with E-state index in [9.17, 15) is 4.79 Å². The summed E-state index contributed by atoms with van der Waals surface area (Å²) in [5.74, 6) is -1.04. The summed E-state index contributed by atoms with van der Waals surface area (Å²) in [5.41, 5.74) is 1.60. The fourth-order valence-electron chi connectivity index (χ4n) is 2.50. The second-order valence-electron chi connectivity index (χ2n) is 5.77. The minimum absolute atomic E-state index is 0.0334. The predicted octanol–water partition coefficient (Wildman–Crippen LogP) is 5.96. The second kappa shape index (κ2) is 7.34. The first-order chi connectivity index (χ1) is 13.1. The Morgan fingerprint density at radius 1 is 1.04 bits per heavy atom. The number of fused-ring (bicyclic) bond motifs is 1. The van der Waals surface area contributed by atoms with Gasteiger partial charge in [-0.2, -0.15) is 5.11 Å². The first kappa shape index (κ1) is 17.4. The van der Waals surface area contributed by atoms with Gasteiger partial charge in [-0.3, -0.25) is 0 Å². The first-order valence-electron chi connectivity index (χ1n) is 8.17. The Hall–Kier alpha value is -2.97. The number of rotatable bonds is 5. The van der Waals surface area contributed by atoms with Crippen molar-refractivity contribution < 1.29 is 9.90 Å². The molecule has 1 atom stereocenters. The van der Waals surface area contributed by atoms with E-state index in [4.69, 9.17) is 5.11 Å². The van der Waals surface area contributed by atoms with Crippen molar-refractivity contribution in [3.63, 3.8) is 0 Å². The molecule has 3 heterocycles. The molecule has 0 aliphatic heterocycles. The fourth-order valence-corrected chi connectivity index (χ4v) is 4.26. The van der Waals surface area contributed by atoms with Crippen LogP contribution < -0.4 is 0 Å². The van der Waals surface area contributed by atoms with Gasteiger partial charge >= 0.3 is 5.97 Å². The molecule has 27 heavy (non-hydrogen) atoms. The number of benzene rings is 1. The lowest BCUT2D eigenvalue weighted by Crippen LogP contribution is -1.99. The van der Waals surface area contributed by atoms with Crippen LogP contribution in [0.5, 0.6) is 0 Å². The van der Waals surface area contributed by atoms with Crippen LogP contribution in [0, 0.1) is 0 Å². The number of pyridine rings is 1. The number of azo groups is 1. The van der Waals surface area contributed by atoms with Gasteiger partial charge in [0, 0.05) is 4.88 Å². The van der Waals surface area contributed by atoms with Gasteiger partial charge in [-0.15, -0.1) is 16.5 Å². The molecule has 0 spiro atoms. The third-order valence-electron chi connectivity index (χ3n) is 3.86. The number of hydrogen-bond donors (Lipinski definition) is 1. The molecule has 8 heteroatoms. The maximum absolute atomic E-state index is 11.1. The minimum Gasteiger partial charge on any atom is -0.477 e. The molecule has 0 saturated carbocycles. The first-order valence-corrected chi connectivity index (χ1v) is 9.80. The van der Waals surface area contributed by atoms with Crippen LogP contribution in [0.2, 0.25) is 0 Å². The highest BCUT2D eigenvalue weighted by Crippen LogP contribution is 2.34. The van der Waals surface area contributed by atoms with E-state index < -0.39 is 5.97 Å². The van der Waals surface area contributed by atoms with Crippen LogP contribution in [0.25, 0.3) is 20.8 Å².